The Kier molecular flexibility index (Phi) is 7.44. The van der Waals surface area contributed by atoms with E-state index in [0.717, 1.165) is 13.1 Å². The third-order valence-electron chi connectivity index (χ3n) is 2.61. The second-order valence-electron chi connectivity index (χ2n) is 3.76. The van der Waals surface area contributed by atoms with Crippen molar-refractivity contribution in [2.75, 3.05) is 6.54 Å². The highest BCUT2D eigenvalue weighted by molar-refractivity contribution is 5.85. The molecule has 0 aliphatic heterocycles. The van der Waals surface area contributed by atoms with Crippen LogP contribution in [0.2, 0.25) is 0 Å². The van der Waals surface area contributed by atoms with E-state index in [-0.39, 0.29) is 12.4 Å². The van der Waals surface area contributed by atoms with Gasteiger partial charge in [0.1, 0.15) is 0 Å². The lowest BCUT2D eigenvalue weighted by molar-refractivity contribution is 0.614. The fourth-order valence-corrected chi connectivity index (χ4v) is 1.44. The van der Waals surface area contributed by atoms with Gasteiger partial charge in [-0.25, -0.2) is 0 Å². The first-order chi connectivity index (χ1) is 6.75. The van der Waals surface area contributed by atoms with Crippen LogP contribution >= 0.6 is 12.4 Å². The van der Waals surface area contributed by atoms with Crippen molar-refractivity contribution in [3.63, 3.8) is 0 Å². The van der Waals surface area contributed by atoms with Gasteiger partial charge in [-0.3, -0.25) is 4.68 Å². The third-order valence-corrected chi connectivity index (χ3v) is 2.61. The van der Waals surface area contributed by atoms with Crippen LogP contribution in [0.15, 0.2) is 6.20 Å². The Bertz CT molecular complexity index is 271. The highest BCUT2D eigenvalue weighted by Crippen LogP contribution is 2.04. The molecule has 0 aliphatic carbocycles. The van der Waals surface area contributed by atoms with Gasteiger partial charge in [-0.1, -0.05) is 19.8 Å². The smallest absolute Gasteiger partial charge is 0.0537 e. The molecule has 0 radical (unpaired) electrons. The minimum atomic E-state index is 0. The summed E-state index contributed by atoms with van der Waals surface area (Å²) in [7, 11) is 1.98. The summed E-state index contributed by atoms with van der Waals surface area (Å²) >= 11 is 0. The van der Waals surface area contributed by atoms with Crippen molar-refractivity contribution >= 4 is 12.4 Å². The molecule has 15 heavy (non-hydrogen) atoms. The van der Waals surface area contributed by atoms with Crippen LogP contribution in [0.1, 0.15) is 37.4 Å². The molecule has 0 amide bonds. The maximum absolute atomic E-state index is 4.21. The molecule has 3 nitrogen and oxygen atoms in total. The summed E-state index contributed by atoms with van der Waals surface area (Å²) in [4.78, 5) is 0. The quantitative estimate of drug-likeness (QED) is 0.763. The Morgan fingerprint density at radius 1 is 1.40 bits per heavy atom. The highest BCUT2D eigenvalue weighted by Gasteiger charge is 2.01. The van der Waals surface area contributed by atoms with Crippen molar-refractivity contribution in [3.8, 4) is 0 Å². The summed E-state index contributed by atoms with van der Waals surface area (Å²) in [6.45, 7) is 6.40. The third kappa shape index (κ3) is 4.67. The number of nitrogens with one attached hydrogen (secondary N) is 1. The number of aryl methyl sites for hydroxylation is 1. The number of rotatable bonds is 6. The summed E-state index contributed by atoms with van der Waals surface area (Å²) in [5.41, 5.74) is 2.57. The van der Waals surface area contributed by atoms with E-state index in [0.29, 0.717) is 0 Å². The number of halogens is 1. The van der Waals surface area contributed by atoms with Crippen LogP contribution in [-0.4, -0.2) is 16.3 Å². The molecule has 0 fully saturated rings. The average molecular weight is 232 g/mol. The monoisotopic (exact) mass is 231 g/mol. The molecule has 0 saturated heterocycles. The van der Waals surface area contributed by atoms with Gasteiger partial charge < -0.3 is 5.32 Å². The maximum Gasteiger partial charge on any atom is 0.0537 e. The number of aromatic nitrogens is 2. The fourth-order valence-electron chi connectivity index (χ4n) is 1.44. The van der Waals surface area contributed by atoms with Crippen molar-refractivity contribution in [3.05, 3.63) is 17.5 Å². The Morgan fingerprint density at radius 3 is 2.67 bits per heavy atom. The number of nitrogens with zero attached hydrogens (tertiary/aromatic N) is 2. The first kappa shape index (κ1) is 14.5. The predicted octanol–water partition coefficient (Wildman–Crippen LogP) is 2.43. The van der Waals surface area contributed by atoms with Crippen LogP contribution in [-0.2, 0) is 13.6 Å². The zero-order valence-electron chi connectivity index (χ0n) is 9.92. The van der Waals surface area contributed by atoms with Gasteiger partial charge in [0.05, 0.1) is 6.20 Å². The van der Waals surface area contributed by atoms with Gasteiger partial charge in [-0.15, -0.1) is 12.4 Å². The van der Waals surface area contributed by atoms with Crippen LogP contribution in [0.3, 0.4) is 0 Å². The van der Waals surface area contributed by atoms with Crippen LogP contribution in [0.25, 0.3) is 0 Å². The minimum Gasteiger partial charge on any atom is -0.313 e. The number of hydrogen-bond acceptors (Lipinski definition) is 2. The lowest BCUT2D eigenvalue weighted by Crippen LogP contribution is -2.15. The molecule has 4 heteroatoms. The van der Waals surface area contributed by atoms with Crippen molar-refractivity contribution < 1.29 is 0 Å². The van der Waals surface area contributed by atoms with Crippen LogP contribution in [0.5, 0.6) is 0 Å². The molecular weight excluding hydrogens is 210 g/mol. The molecule has 0 aromatic carbocycles. The second kappa shape index (κ2) is 7.71. The molecule has 0 bridgehead atoms. The first-order valence-electron chi connectivity index (χ1n) is 5.44. The van der Waals surface area contributed by atoms with Gasteiger partial charge in [-0.05, 0) is 19.9 Å². The summed E-state index contributed by atoms with van der Waals surface area (Å²) < 4.78 is 1.92. The molecule has 1 N–H and O–H groups in total. The van der Waals surface area contributed by atoms with Gasteiger partial charge in [0.25, 0.3) is 0 Å². The lowest BCUT2D eigenvalue weighted by Gasteiger charge is -2.03. The molecule has 1 aromatic rings. The van der Waals surface area contributed by atoms with Crippen LogP contribution in [0, 0.1) is 6.92 Å². The van der Waals surface area contributed by atoms with E-state index in [9.17, 15) is 0 Å². The first-order valence-corrected chi connectivity index (χ1v) is 5.44. The molecule has 1 aromatic heterocycles. The van der Waals surface area contributed by atoms with Crippen molar-refractivity contribution in [2.45, 2.75) is 39.7 Å². The van der Waals surface area contributed by atoms with Gasteiger partial charge in [-0.2, -0.15) is 5.10 Å². The Morgan fingerprint density at radius 2 is 2.13 bits per heavy atom. The molecule has 1 heterocycles. The minimum absolute atomic E-state index is 0. The molecule has 1 rings (SSSR count). The molecule has 0 spiro atoms. The van der Waals surface area contributed by atoms with Gasteiger partial charge in [0.15, 0.2) is 0 Å². The van der Waals surface area contributed by atoms with E-state index in [1.807, 2.05) is 17.9 Å². The Hall–Kier alpha value is -0.540. The zero-order chi connectivity index (χ0) is 10.4. The van der Waals surface area contributed by atoms with E-state index in [1.54, 1.807) is 0 Å². The molecule has 0 unspecified atom stereocenters. The standard InChI is InChI=1S/C11H21N3.ClH/c1-4-5-6-7-12-8-11-9-13-14(3)10(11)2;/h9,12H,4-8H2,1-3H3;1H. The van der Waals surface area contributed by atoms with E-state index >= 15 is 0 Å². The highest BCUT2D eigenvalue weighted by atomic mass is 35.5. The van der Waals surface area contributed by atoms with Crippen LogP contribution in [0.4, 0.5) is 0 Å². The van der Waals surface area contributed by atoms with E-state index in [2.05, 4.69) is 24.3 Å². The SMILES string of the molecule is CCCCCNCc1cnn(C)c1C.Cl. The Balaban J connectivity index is 0.00000196. The van der Waals surface area contributed by atoms with E-state index in [1.165, 1.54) is 30.5 Å². The molecular formula is C11H22ClN3. The average Bonchev–Trinajstić information content (AvgIpc) is 2.49. The van der Waals surface area contributed by atoms with E-state index < -0.39 is 0 Å². The topological polar surface area (TPSA) is 29.9 Å². The normalized spacial score (nSPS) is 10.1. The predicted molar refractivity (Wildman–Crippen MR) is 66.4 cm³/mol. The number of unbranched alkanes of at least 4 members (excludes halogenated alkanes) is 2. The van der Waals surface area contributed by atoms with Gasteiger partial charge in [0, 0.05) is 24.8 Å². The van der Waals surface area contributed by atoms with Crippen molar-refractivity contribution in [1.82, 2.24) is 15.1 Å². The van der Waals surface area contributed by atoms with Gasteiger partial charge >= 0.3 is 0 Å². The molecule has 88 valence electrons. The number of hydrogen-bond donors (Lipinski definition) is 1. The van der Waals surface area contributed by atoms with Gasteiger partial charge in [0.2, 0.25) is 0 Å². The Labute approximate surface area is 98.7 Å². The molecule has 0 saturated carbocycles. The molecule has 0 aliphatic rings. The maximum atomic E-state index is 4.21. The second-order valence-corrected chi connectivity index (χ2v) is 3.76. The van der Waals surface area contributed by atoms with Crippen LogP contribution < -0.4 is 5.32 Å². The summed E-state index contributed by atoms with van der Waals surface area (Å²) in [6, 6.07) is 0. The fraction of sp³-hybridized carbons (Fsp3) is 0.727. The zero-order valence-corrected chi connectivity index (χ0v) is 10.7. The van der Waals surface area contributed by atoms with Crippen molar-refractivity contribution in [1.29, 1.82) is 0 Å². The van der Waals surface area contributed by atoms with Crippen molar-refractivity contribution in [2.24, 2.45) is 7.05 Å². The summed E-state index contributed by atoms with van der Waals surface area (Å²) in [6.07, 6.45) is 5.82. The summed E-state index contributed by atoms with van der Waals surface area (Å²) in [5, 5.41) is 7.65. The molecule has 0 atom stereocenters. The summed E-state index contributed by atoms with van der Waals surface area (Å²) in [5.74, 6) is 0. The largest absolute Gasteiger partial charge is 0.313 e. The van der Waals surface area contributed by atoms with E-state index in [4.69, 9.17) is 0 Å². The lowest BCUT2D eigenvalue weighted by atomic mass is 10.2.